The van der Waals surface area contributed by atoms with Crippen LogP contribution in [-0.4, -0.2) is 33.5 Å². The Balaban J connectivity index is 1.61. The average Bonchev–Trinajstić information content (AvgIpc) is 3.30. The van der Waals surface area contributed by atoms with Crippen molar-refractivity contribution in [1.29, 1.82) is 0 Å². The van der Waals surface area contributed by atoms with E-state index in [1.54, 1.807) is 12.1 Å². The molecule has 0 spiro atoms. The molecule has 0 radical (unpaired) electrons. The zero-order valence-electron chi connectivity index (χ0n) is 19.1. The highest BCUT2D eigenvalue weighted by molar-refractivity contribution is 7.92. The number of ether oxygens (including phenoxy) is 1. The molecular weight excluding hydrogens is 474 g/mol. The van der Waals surface area contributed by atoms with Crippen LogP contribution in [-0.2, 0) is 16.3 Å². The first-order valence-corrected chi connectivity index (χ1v) is 13.4. The summed E-state index contributed by atoms with van der Waals surface area (Å²) < 4.78 is 36.3. The number of amides is 1. The molecule has 5 rings (SSSR count). The number of fused-ring (bicyclic) bond motifs is 4. The third-order valence-corrected chi connectivity index (χ3v) is 9.10. The molecule has 0 bridgehead atoms. The molecule has 0 saturated heterocycles. The van der Waals surface area contributed by atoms with E-state index in [4.69, 9.17) is 9.15 Å². The van der Waals surface area contributed by atoms with Gasteiger partial charge in [0.15, 0.2) is 15.6 Å². The van der Waals surface area contributed by atoms with Crippen LogP contribution in [0.2, 0.25) is 0 Å². The molecule has 0 unspecified atom stereocenters. The molecule has 9 heteroatoms. The van der Waals surface area contributed by atoms with E-state index in [1.165, 1.54) is 7.11 Å². The second-order valence-corrected chi connectivity index (χ2v) is 12.6. The van der Waals surface area contributed by atoms with E-state index in [0.717, 1.165) is 28.4 Å². The molecule has 2 aromatic carbocycles. The standard InChI is InChI=1S/C25H23NO6S2/c1-25(2)11-15-21(17(27)12-25)24(34(4,29)30)33-22(15)23(28)26-16-10-19-14(9-20(16)31-3)13-7-5-6-8-18(13)32-19/h5-10H,11-12H2,1-4H3,(H,26,28). The topological polar surface area (TPSA) is 103 Å². The average molecular weight is 498 g/mol. The minimum atomic E-state index is -3.68. The Labute approximate surface area is 200 Å². The molecule has 0 saturated carbocycles. The van der Waals surface area contributed by atoms with Gasteiger partial charge in [-0.2, -0.15) is 0 Å². The number of carbonyl (C=O) groups is 2. The number of anilines is 1. The van der Waals surface area contributed by atoms with Gasteiger partial charge in [-0.25, -0.2) is 8.42 Å². The summed E-state index contributed by atoms with van der Waals surface area (Å²) >= 11 is 0.850. The third-order valence-electron chi connectivity index (χ3n) is 6.04. The summed E-state index contributed by atoms with van der Waals surface area (Å²) in [4.78, 5) is 26.5. The number of benzene rings is 2. The normalized spacial score (nSPS) is 15.5. The fraction of sp³-hybridized carbons (Fsp3) is 0.280. The number of ketones is 1. The molecule has 34 heavy (non-hydrogen) atoms. The summed E-state index contributed by atoms with van der Waals surface area (Å²) in [6.45, 7) is 3.87. The zero-order chi connectivity index (χ0) is 24.4. The Kier molecular flexibility index (Phi) is 5.11. The summed E-state index contributed by atoms with van der Waals surface area (Å²) in [7, 11) is -2.17. The molecule has 1 amide bonds. The Morgan fingerprint density at radius 3 is 2.56 bits per heavy atom. The molecular formula is C25H23NO6S2. The van der Waals surface area contributed by atoms with Crippen molar-refractivity contribution in [3.8, 4) is 5.75 Å². The number of Topliss-reactive ketones (excluding diaryl/α,β-unsaturated/α-hetero) is 1. The van der Waals surface area contributed by atoms with Crippen LogP contribution in [0.3, 0.4) is 0 Å². The summed E-state index contributed by atoms with van der Waals surface area (Å²) in [5.41, 5.74) is 1.97. The molecule has 7 nitrogen and oxygen atoms in total. The van der Waals surface area contributed by atoms with Gasteiger partial charge in [-0.3, -0.25) is 9.59 Å². The van der Waals surface area contributed by atoms with Crippen molar-refractivity contribution in [2.24, 2.45) is 5.41 Å². The number of para-hydroxylation sites is 1. The predicted molar refractivity (Wildman–Crippen MR) is 132 cm³/mol. The largest absolute Gasteiger partial charge is 0.495 e. The first-order valence-electron chi connectivity index (χ1n) is 10.7. The molecule has 0 fully saturated rings. The lowest BCUT2D eigenvalue weighted by Gasteiger charge is -2.29. The molecule has 2 heterocycles. The lowest BCUT2D eigenvalue weighted by Crippen LogP contribution is -2.28. The molecule has 2 aromatic heterocycles. The van der Waals surface area contributed by atoms with Gasteiger partial charge in [0, 0.05) is 29.5 Å². The predicted octanol–water partition coefficient (Wildman–Crippen LogP) is 5.47. The van der Waals surface area contributed by atoms with E-state index in [1.807, 2.05) is 38.1 Å². The van der Waals surface area contributed by atoms with E-state index in [2.05, 4.69) is 5.32 Å². The first kappa shape index (κ1) is 22.6. The zero-order valence-corrected chi connectivity index (χ0v) is 20.8. The van der Waals surface area contributed by atoms with Crippen molar-refractivity contribution in [2.45, 2.75) is 30.9 Å². The van der Waals surface area contributed by atoms with E-state index in [-0.39, 0.29) is 32.3 Å². The van der Waals surface area contributed by atoms with E-state index in [9.17, 15) is 18.0 Å². The quantitative estimate of drug-likeness (QED) is 0.401. The van der Waals surface area contributed by atoms with E-state index in [0.29, 0.717) is 34.6 Å². The second-order valence-electron chi connectivity index (χ2n) is 9.39. The van der Waals surface area contributed by atoms with Crippen molar-refractivity contribution in [1.82, 2.24) is 0 Å². The summed E-state index contributed by atoms with van der Waals surface area (Å²) in [6, 6.07) is 11.1. The Morgan fingerprint density at radius 2 is 1.85 bits per heavy atom. The number of hydrogen-bond acceptors (Lipinski definition) is 7. The highest BCUT2D eigenvalue weighted by Gasteiger charge is 2.39. The summed E-state index contributed by atoms with van der Waals surface area (Å²) in [5.74, 6) is -0.295. The highest BCUT2D eigenvalue weighted by atomic mass is 32.2. The molecule has 0 atom stereocenters. The molecule has 1 aliphatic carbocycles. The van der Waals surface area contributed by atoms with Gasteiger partial charge in [0.2, 0.25) is 0 Å². The van der Waals surface area contributed by atoms with Crippen LogP contribution in [0.4, 0.5) is 5.69 Å². The Bertz CT molecular complexity index is 1610. The minimum Gasteiger partial charge on any atom is -0.495 e. The number of furan rings is 1. The second kappa shape index (κ2) is 7.68. The van der Waals surface area contributed by atoms with E-state index < -0.39 is 15.7 Å². The lowest BCUT2D eigenvalue weighted by molar-refractivity contribution is 0.0909. The van der Waals surface area contributed by atoms with Gasteiger partial charge in [0.05, 0.1) is 23.2 Å². The smallest absolute Gasteiger partial charge is 0.266 e. The Morgan fingerprint density at radius 1 is 1.12 bits per heavy atom. The van der Waals surface area contributed by atoms with Gasteiger partial charge in [-0.15, -0.1) is 11.3 Å². The maximum absolute atomic E-state index is 13.4. The van der Waals surface area contributed by atoms with Crippen molar-refractivity contribution < 1.29 is 27.2 Å². The van der Waals surface area contributed by atoms with Gasteiger partial charge in [-0.05, 0) is 29.5 Å². The fourth-order valence-corrected chi connectivity index (χ4v) is 7.03. The van der Waals surface area contributed by atoms with Gasteiger partial charge < -0.3 is 14.5 Å². The van der Waals surface area contributed by atoms with Crippen LogP contribution in [0.1, 0.15) is 45.9 Å². The first-order chi connectivity index (χ1) is 16.0. The molecule has 176 valence electrons. The SMILES string of the molecule is COc1cc2c(cc1NC(=O)c1sc(S(C)(=O)=O)c3c1CC(C)(C)CC3=O)oc1ccccc12. The number of carbonyl (C=O) groups excluding carboxylic acids is 2. The van der Waals surface area contributed by atoms with Gasteiger partial charge in [-0.1, -0.05) is 32.0 Å². The van der Waals surface area contributed by atoms with Crippen molar-refractivity contribution in [3.05, 3.63) is 52.4 Å². The van der Waals surface area contributed by atoms with Crippen LogP contribution in [0, 0.1) is 5.41 Å². The van der Waals surface area contributed by atoms with Gasteiger partial charge >= 0.3 is 0 Å². The molecule has 0 aliphatic heterocycles. The van der Waals surface area contributed by atoms with E-state index >= 15 is 0 Å². The summed E-state index contributed by atoms with van der Waals surface area (Å²) in [5, 5.41) is 4.63. The van der Waals surface area contributed by atoms with Crippen LogP contribution < -0.4 is 10.1 Å². The number of hydrogen-bond donors (Lipinski definition) is 1. The molecule has 1 N–H and O–H groups in total. The van der Waals surface area contributed by atoms with Crippen LogP contribution in [0.15, 0.2) is 45.0 Å². The third kappa shape index (κ3) is 3.69. The summed E-state index contributed by atoms with van der Waals surface area (Å²) in [6.07, 6.45) is 1.73. The van der Waals surface area contributed by atoms with Crippen LogP contribution >= 0.6 is 11.3 Å². The number of rotatable bonds is 4. The molecule has 4 aromatic rings. The number of sulfone groups is 1. The maximum Gasteiger partial charge on any atom is 0.266 e. The highest BCUT2D eigenvalue weighted by Crippen LogP contribution is 2.44. The minimum absolute atomic E-state index is 0.0483. The number of nitrogens with one attached hydrogen (secondary N) is 1. The van der Waals surface area contributed by atoms with Crippen molar-refractivity contribution in [2.75, 3.05) is 18.7 Å². The fourth-order valence-electron chi connectivity index (χ4n) is 4.60. The van der Waals surface area contributed by atoms with Crippen molar-refractivity contribution >= 4 is 60.5 Å². The number of methoxy groups -OCH3 is 1. The lowest BCUT2D eigenvalue weighted by atomic mass is 9.74. The van der Waals surface area contributed by atoms with Crippen LogP contribution in [0.5, 0.6) is 5.75 Å². The molecule has 1 aliphatic rings. The van der Waals surface area contributed by atoms with Crippen LogP contribution in [0.25, 0.3) is 21.9 Å². The van der Waals surface area contributed by atoms with Gasteiger partial charge in [0.1, 0.15) is 21.1 Å². The van der Waals surface area contributed by atoms with Gasteiger partial charge in [0.25, 0.3) is 5.91 Å². The van der Waals surface area contributed by atoms with Crippen molar-refractivity contribution in [3.63, 3.8) is 0 Å². The number of thiophene rings is 1. The monoisotopic (exact) mass is 497 g/mol. The maximum atomic E-state index is 13.4. The Hall–Kier alpha value is -3.17.